The van der Waals surface area contributed by atoms with Gasteiger partial charge in [-0.25, -0.2) is 0 Å². The first kappa shape index (κ1) is 11.7. The van der Waals surface area contributed by atoms with Crippen molar-refractivity contribution in [1.29, 1.82) is 0 Å². The molecule has 1 heterocycles. The van der Waals surface area contributed by atoms with Gasteiger partial charge >= 0.3 is 0 Å². The molecule has 0 spiro atoms. The third kappa shape index (κ3) is 2.16. The Balaban J connectivity index is 1.83. The number of nitrogens with zero attached hydrogens (tertiary/aromatic N) is 2. The van der Waals surface area contributed by atoms with Gasteiger partial charge in [-0.15, -0.1) is 5.10 Å². The fourth-order valence-corrected chi connectivity index (χ4v) is 2.45. The third-order valence-corrected chi connectivity index (χ3v) is 3.41. The molecule has 6 heteroatoms. The lowest BCUT2D eigenvalue weighted by Gasteiger charge is -2.11. The number of hydrogen-bond acceptors (Lipinski definition) is 4. The second-order valence-corrected chi connectivity index (χ2v) is 4.50. The van der Waals surface area contributed by atoms with Crippen molar-refractivity contribution in [3.63, 3.8) is 0 Å². The molecular weight excluding hydrogens is 244 g/mol. The molecule has 1 aromatic carbocycles. The van der Waals surface area contributed by atoms with Crippen molar-refractivity contribution in [2.45, 2.75) is 18.8 Å². The number of anilines is 1. The summed E-state index contributed by atoms with van der Waals surface area (Å²) in [7, 11) is 1.63. The Kier molecular flexibility index (Phi) is 2.91. The number of aromatic nitrogens is 3. The van der Waals surface area contributed by atoms with Crippen LogP contribution in [0.4, 0.5) is 5.82 Å². The van der Waals surface area contributed by atoms with E-state index in [0.717, 1.165) is 24.2 Å². The van der Waals surface area contributed by atoms with Crippen LogP contribution in [-0.4, -0.2) is 28.4 Å². The maximum absolute atomic E-state index is 12.2. The number of fused-ring (bicyclic) bond motifs is 1. The Morgan fingerprint density at radius 1 is 1.53 bits per heavy atom. The number of H-pyrrole nitrogens is 1. The standard InChI is InChI=1S/C13H14N4O2/c1-19-9-4-2-8-3-5-10(11(8)6-9)13(18)15-12-7-14-17-16-12/h2,4,6-7,10H,3,5H2,1H3,(H2,14,15,16,17,18). The van der Waals surface area contributed by atoms with E-state index in [4.69, 9.17) is 4.74 Å². The van der Waals surface area contributed by atoms with Crippen LogP contribution in [-0.2, 0) is 11.2 Å². The molecular formula is C13H14N4O2. The van der Waals surface area contributed by atoms with Crippen LogP contribution in [0.25, 0.3) is 0 Å². The average molecular weight is 258 g/mol. The number of methoxy groups -OCH3 is 1. The SMILES string of the molecule is COc1ccc2c(c1)C(C(=O)Nc1cn[nH]n1)CC2. The number of rotatable bonds is 3. The zero-order valence-corrected chi connectivity index (χ0v) is 10.5. The smallest absolute Gasteiger partial charge is 0.233 e. The Morgan fingerprint density at radius 3 is 3.16 bits per heavy atom. The number of benzene rings is 1. The van der Waals surface area contributed by atoms with Gasteiger partial charge in [0.15, 0.2) is 5.82 Å². The molecule has 98 valence electrons. The zero-order chi connectivity index (χ0) is 13.2. The Hall–Kier alpha value is -2.37. The lowest BCUT2D eigenvalue weighted by molar-refractivity contribution is -0.117. The predicted octanol–water partition coefficient (Wildman–Crippen LogP) is 1.48. The number of aryl methyl sites for hydroxylation is 1. The summed E-state index contributed by atoms with van der Waals surface area (Å²) in [5.41, 5.74) is 2.25. The molecule has 0 bridgehead atoms. The molecule has 19 heavy (non-hydrogen) atoms. The summed E-state index contributed by atoms with van der Waals surface area (Å²) in [5.74, 6) is 1.02. The van der Waals surface area contributed by atoms with Crippen LogP contribution in [0.3, 0.4) is 0 Å². The highest BCUT2D eigenvalue weighted by atomic mass is 16.5. The molecule has 2 aromatic rings. The van der Waals surface area contributed by atoms with Gasteiger partial charge in [0.05, 0.1) is 19.2 Å². The number of amides is 1. The van der Waals surface area contributed by atoms with Gasteiger partial charge in [0.2, 0.25) is 5.91 Å². The average Bonchev–Trinajstić information content (AvgIpc) is 3.06. The summed E-state index contributed by atoms with van der Waals surface area (Å²) in [6.07, 6.45) is 3.21. The van der Waals surface area contributed by atoms with Gasteiger partial charge in [-0.2, -0.15) is 10.3 Å². The zero-order valence-electron chi connectivity index (χ0n) is 10.5. The number of carbonyl (C=O) groups excluding carboxylic acids is 1. The van der Waals surface area contributed by atoms with Gasteiger partial charge in [-0.1, -0.05) is 6.07 Å². The predicted molar refractivity (Wildman–Crippen MR) is 69.1 cm³/mol. The monoisotopic (exact) mass is 258 g/mol. The minimum Gasteiger partial charge on any atom is -0.497 e. The van der Waals surface area contributed by atoms with E-state index in [1.54, 1.807) is 7.11 Å². The molecule has 0 aliphatic heterocycles. The summed E-state index contributed by atoms with van der Waals surface area (Å²) in [4.78, 5) is 12.2. The molecule has 6 nitrogen and oxygen atoms in total. The van der Waals surface area contributed by atoms with Crippen LogP contribution in [0, 0.1) is 0 Å². The molecule has 0 saturated carbocycles. The van der Waals surface area contributed by atoms with Crippen molar-refractivity contribution >= 4 is 11.7 Å². The van der Waals surface area contributed by atoms with Crippen LogP contribution >= 0.6 is 0 Å². The molecule has 1 unspecified atom stereocenters. The first-order valence-corrected chi connectivity index (χ1v) is 6.11. The van der Waals surface area contributed by atoms with E-state index in [2.05, 4.69) is 20.7 Å². The summed E-state index contributed by atoms with van der Waals surface area (Å²) in [5, 5.41) is 12.7. The van der Waals surface area contributed by atoms with E-state index in [-0.39, 0.29) is 11.8 Å². The molecule has 1 aliphatic rings. The van der Waals surface area contributed by atoms with Gasteiger partial charge in [-0.3, -0.25) is 4.79 Å². The van der Waals surface area contributed by atoms with Crippen LogP contribution in [0.15, 0.2) is 24.4 Å². The van der Waals surface area contributed by atoms with Crippen molar-refractivity contribution in [2.24, 2.45) is 0 Å². The second kappa shape index (κ2) is 4.72. The van der Waals surface area contributed by atoms with E-state index in [9.17, 15) is 4.79 Å². The van der Waals surface area contributed by atoms with Crippen molar-refractivity contribution in [1.82, 2.24) is 15.4 Å². The van der Waals surface area contributed by atoms with Gasteiger partial charge < -0.3 is 10.1 Å². The van der Waals surface area contributed by atoms with Crippen LogP contribution in [0.5, 0.6) is 5.75 Å². The van der Waals surface area contributed by atoms with Gasteiger partial charge in [-0.05, 0) is 36.1 Å². The van der Waals surface area contributed by atoms with Crippen LogP contribution in [0.2, 0.25) is 0 Å². The molecule has 1 aliphatic carbocycles. The summed E-state index contributed by atoms with van der Waals surface area (Å²) >= 11 is 0. The third-order valence-electron chi connectivity index (χ3n) is 3.41. The summed E-state index contributed by atoms with van der Waals surface area (Å²) in [6, 6.07) is 5.89. The molecule has 1 atom stereocenters. The number of hydrogen-bond donors (Lipinski definition) is 2. The fraction of sp³-hybridized carbons (Fsp3) is 0.308. The normalized spacial score (nSPS) is 17.0. The Morgan fingerprint density at radius 2 is 2.42 bits per heavy atom. The Labute approximate surface area is 110 Å². The lowest BCUT2D eigenvalue weighted by Crippen LogP contribution is -2.19. The van der Waals surface area contributed by atoms with Gasteiger partial charge in [0, 0.05) is 0 Å². The minimum atomic E-state index is -0.151. The highest BCUT2D eigenvalue weighted by Crippen LogP contribution is 2.36. The minimum absolute atomic E-state index is 0.0547. The summed E-state index contributed by atoms with van der Waals surface area (Å²) in [6.45, 7) is 0. The number of ether oxygens (including phenoxy) is 1. The molecule has 1 amide bonds. The first-order valence-electron chi connectivity index (χ1n) is 6.11. The number of aromatic amines is 1. The van der Waals surface area contributed by atoms with Crippen molar-refractivity contribution < 1.29 is 9.53 Å². The van der Waals surface area contributed by atoms with Gasteiger partial charge in [0.25, 0.3) is 0 Å². The van der Waals surface area contributed by atoms with E-state index < -0.39 is 0 Å². The van der Waals surface area contributed by atoms with E-state index in [1.807, 2.05) is 18.2 Å². The largest absolute Gasteiger partial charge is 0.497 e. The quantitative estimate of drug-likeness (QED) is 0.874. The molecule has 0 fully saturated rings. The summed E-state index contributed by atoms with van der Waals surface area (Å²) < 4.78 is 5.21. The number of carbonyl (C=O) groups is 1. The highest BCUT2D eigenvalue weighted by molar-refractivity contribution is 5.95. The maximum Gasteiger partial charge on any atom is 0.233 e. The van der Waals surface area contributed by atoms with Crippen LogP contribution < -0.4 is 10.1 Å². The molecule has 2 N–H and O–H groups in total. The van der Waals surface area contributed by atoms with Crippen molar-refractivity contribution in [2.75, 3.05) is 12.4 Å². The molecule has 0 radical (unpaired) electrons. The van der Waals surface area contributed by atoms with E-state index >= 15 is 0 Å². The fourth-order valence-electron chi connectivity index (χ4n) is 2.45. The first-order chi connectivity index (χ1) is 9.28. The molecule has 0 saturated heterocycles. The van der Waals surface area contributed by atoms with Crippen molar-refractivity contribution in [3.8, 4) is 5.75 Å². The van der Waals surface area contributed by atoms with Gasteiger partial charge in [0.1, 0.15) is 5.75 Å². The highest BCUT2D eigenvalue weighted by Gasteiger charge is 2.29. The Bertz CT molecular complexity index is 595. The van der Waals surface area contributed by atoms with E-state index in [1.165, 1.54) is 11.8 Å². The molecule has 3 rings (SSSR count). The second-order valence-electron chi connectivity index (χ2n) is 4.50. The van der Waals surface area contributed by atoms with Crippen LogP contribution in [0.1, 0.15) is 23.5 Å². The maximum atomic E-state index is 12.2. The number of nitrogens with one attached hydrogen (secondary N) is 2. The molecule has 1 aromatic heterocycles. The topological polar surface area (TPSA) is 79.9 Å². The lowest BCUT2D eigenvalue weighted by atomic mass is 10.0. The van der Waals surface area contributed by atoms with E-state index in [0.29, 0.717) is 5.82 Å². The van der Waals surface area contributed by atoms with Crippen molar-refractivity contribution in [3.05, 3.63) is 35.5 Å².